The van der Waals surface area contributed by atoms with Crippen LogP contribution in [-0.4, -0.2) is 26.6 Å². The molecular formula is C23H32N2O3S. The summed E-state index contributed by atoms with van der Waals surface area (Å²) in [5.74, 6) is -0.286. The number of hydrogen-bond donors (Lipinski definition) is 1. The molecule has 0 aliphatic carbocycles. The van der Waals surface area contributed by atoms with E-state index in [1.807, 2.05) is 52.8 Å². The van der Waals surface area contributed by atoms with Crippen molar-refractivity contribution in [3.05, 3.63) is 64.7 Å². The van der Waals surface area contributed by atoms with E-state index in [9.17, 15) is 13.2 Å². The van der Waals surface area contributed by atoms with Crippen molar-refractivity contribution in [2.24, 2.45) is 0 Å². The fourth-order valence-electron chi connectivity index (χ4n) is 3.71. The Morgan fingerprint density at radius 3 is 2.17 bits per heavy atom. The van der Waals surface area contributed by atoms with Gasteiger partial charge in [-0.2, -0.15) is 0 Å². The van der Waals surface area contributed by atoms with Crippen LogP contribution < -0.4 is 9.62 Å². The number of nitrogens with one attached hydrogen (secondary N) is 1. The molecule has 2 aromatic rings. The lowest BCUT2D eigenvalue weighted by Crippen LogP contribution is -2.50. The maximum atomic E-state index is 13.2. The van der Waals surface area contributed by atoms with Gasteiger partial charge in [-0.25, -0.2) is 8.42 Å². The van der Waals surface area contributed by atoms with Crippen LogP contribution >= 0.6 is 0 Å². The molecule has 0 aliphatic rings. The van der Waals surface area contributed by atoms with Gasteiger partial charge >= 0.3 is 0 Å². The van der Waals surface area contributed by atoms with Crippen molar-refractivity contribution in [3.8, 4) is 0 Å². The van der Waals surface area contributed by atoms with Gasteiger partial charge in [-0.15, -0.1) is 0 Å². The summed E-state index contributed by atoms with van der Waals surface area (Å²) in [6, 6.07) is 12.4. The topological polar surface area (TPSA) is 66.5 Å². The molecule has 0 saturated carbocycles. The Kier molecular flexibility index (Phi) is 7.47. The van der Waals surface area contributed by atoms with Gasteiger partial charge in [0.25, 0.3) is 0 Å². The minimum Gasteiger partial charge on any atom is -0.347 e. The van der Waals surface area contributed by atoms with Crippen molar-refractivity contribution >= 4 is 21.6 Å². The minimum atomic E-state index is -3.64. The van der Waals surface area contributed by atoms with E-state index < -0.39 is 16.1 Å². The normalized spacial score (nSPS) is 13.6. The Morgan fingerprint density at radius 2 is 1.66 bits per heavy atom. The average Bonchev–Trinajstić information content (AvgIpc) is 2.63. The van der Waals surface area contributed by atoms with Crippen molar-refractivity contribution in [2.75, 3.05) is 10.6 Å². The van der Waals surface area contributed by atoms with Crippen LogP contribution in [0.1, 0.15) is 55.0 Å². The number of anilines is 1. The second kappa shape index (κ2) is 9.44. The lowest BCUT2D eigenvalue weighted by Gasteiger charge is -2.32. The fraction of sp³-hybridized carbons (Fsp3) is 0.435. The van der Waals surface area contributed by atoms with Crippen LogP contribution in [0.5, 0.6) is 0 Å². The molecule has 0 bridgehead atoms. The summed E-state index contributed by atoms with van der Waals surface area (Å²) in [7, 11) is -3.64. The summed E-state index contributed by atoms with van der Waals surface area (Å²) in [5.41, 5.74) is 4.79. The van der Waals surface area contributed by atoms with E-state index >= 15 is 0 Å². The van der Waals surface area contributed by atoms with E-state index in [0.717, 1.165) is 29.4 Å². The molecule has 1 amide bonds. The zero-order valence-electron chi connectivity index (χ0n) is 18.2. The lowest BCUT2D eigenvalue weighted by molar-refractivity contribution is -0.123. The summed E-state index contributed by atoms with van der Waals surface area (Å²) < 4.78 is 26.5. The van der Waals surface area contributed by atoms with Gasteiger partial charge in [0.15, 0.2) is 0 Å². The Hall–Kier alpha value is -2.34. The molecule has 0 unspecified atom stereocenters. The molecule has 29 heavy (non-hydrogen) atoms. The minimum absolute atomic E-state index is 0.170. The maximum absolute atomic E-state index is 13.2. The first-order valence-corrected chi connectivity index (χ1v) is 11.9. The largest absolute Gasteiger partial charge is 0.347 e. The predicted octanol–water partition coefficient (Wildman–Crippen LogP) is 4.42. The van der Waals surface area contributed by atoms with Gasteiger partial charge in [-0.3, -0.25) is 9.10 Å². The molecule has 158 valence electrons. The molecule has 0 radical (unpaired) electrons. The molecule has 1 N–H and O–H groups in total. The van der Waals surface area contributed by atoms with E-state index in [-0.39, 0.29) is 11.9 Å². The van der Waals surface area contributed by atoms with Crippen LogP contribution in [0, 0.1) is 20.8 Å². The SMILES string of the molecule is CC[C@H](C(=O)N[C@H](CC)c1ccc(C)cc1C)N(c1cccc(C)c1)S(C)(=O)=O. The fourth-order valence-corrected chi connectivity index (χ4v) is 4.91. The van der Waals surface area contributed by atoms with E-state index in [0.29, 0.717) is 12.1 Å². The van der Waals surface area contributed by atoms with Crippen LogP contribution in [0.2, 0.25) is 0 Å². The van der Waals surface area contributed by atoms with Gasteiger partial charge in [0, 0.05) is 0 Å². The number of carbonyl (C=O) groups is 1. The van der Waals surface area contributed by atoms with Crippen LogP contribution in [-0.2, 0) is 14.8 Å². The molecule has 0 saturated heterocycles. The maximum Gasteiger partial charge on any atom is 0.244 e. The second-order valence-electron chi connectivity index (χ2n) is 7.65. The van der Waals surface area contributed by atoms with Crippen molar-refractivity contribution in [1.82, 2.24) is 5.32 Å². The first-order chi connectivity index (χ1) is 13.6. The molecule has 0 heterocycles. The zero-order valence-corrected chi connectivity index (χ0v) is 19.0. The van der Waals surface area contributed by atoms with Crippen molar-refractivity contribution in [3.63, 3.8) is 0 Å². The van der Waals surface area contributed by atoms with E-state index in [1.165, 1.54) is 9.87 Å². The summed E-state index contributed by atoms with van der Waals surface area (Å²) in [6.07, 6.45) is 2.23. The third kappa shape index (κ3) is 5.60. The van der Waals surface area contributed by atoms with E-state index in [2.05, 4.69) is 11.4 Å². The van der Waals surface area contributed by atoms with Crippen molar-refractivity contribution in [2.45, 2.75) is 59.5 Å². The van der Waals surface area contributed by atoms with Gasteiger partial charge < -0.3 is 5.32 Å². The number of benzene rings is 2. The monoisotopic (exact) mass is 416 g/mol. The molecule has 2 rings (SSSR count). The summed E-state index contributed by atoms with van der Waals surface area (Å²) in [6.45, 7) is 9.81. The molecule has 0 aliphatic heterocycles. The number of aryl methyl sites for hydroxylation is 3. The highest BCUT2D eigenvalue weighted by Crippen LogP contribution is 2.26. The van der Waals surface area contributed by atoms with Crippen LogP contribution in [0.3, 0.4) is 0 Å². The number of rotatable bonds is 8. The molecule has 0 fully saturated rings. The lowest BCUT2D eigenvalue weighted by atomic mass is 9.97. The van der Waals surface area contributed by atoms with Gasteiger partial charge in [-0.05, 0) is 62.4 Å². The molecule has 5 nitrogen and oxygen atoms in total. The number of amides is 1. The summed E-state index contributed by atoms with van der Waals surface area (Å²) >= 11 is 0. The third-order valence-corrected chi connectivity index (χ3v) is 6.29. The highest BCUT2D eigenvalue weighted by molar-refractivity contribution is 7.92. The Morgan fingerprint density at radius 1 is 1.00 bits per heavy atom. The van der Waals surface area contributed by atoms with Crippen molar-refractivity contribution in [1.29, 1.82) is 0 Å². The average molecular weight is 417 g/mol. The highest BCUT2D eigenvalue weighted by Gasteiger charge is 2.32. The van der Waals surface area contributed by atoms with Gasteiger partial charge in [0.1, 0.15) is 6.04 Å². The number of sulfonamides is 1. The molecule has 0 spiro atoms. The summed E-state index contributed by atoms with van der Waals surface area (Å²) in [4.78, 5) is 13.2. The standard InChI is InChI=1S/C23H32N2O3S/c1-7-21(20-13-12-17(4)14-18(20)5)24-23(26)22(8-2)25(29(6,27)28)19-11-9-10-16(3)15-19/h9-15,21-22H,7-8H2,1-6H3,(H,24,26)/t21-,22-/m1/s1. The zero-order chi connectivity index (χ0) is 21.8. The predicted molar refractivity (Wildman–Crippen MR) is 120 cm³/mol. The second-order valence-corrected chi connectivity index (χ2v) is 9.51. The third-order valence-electron chi connectivity index (χ3n) is 5.11. The quantitative estimate of drug-likeness (QED) is 0.692. The molecule has 6 heteroatoms. The van der Waals surface area contributed by atoms with Crippen LogP contribution in [0.15, 0.2) is 42.5 Å². The first kappa shape index (κ1) is 22.9. The first-order valence-electron chi connectivity index (χ1n) is 10.0. The number of nitrogens with zero attached hydrogens (tertiary/aromatic N) is 1. The molecule has 2 aromatic carbocycles. The Bertz CT molecular complexity index is 970. The highest BCUT2D eigenvalue weighted by atomic mass is 32.2. The Balaban J connectivity index is 2.38. The van der Waals surface area contributed by atoms with Gasteiger partial charge in [-0.1, -0.05) is 49.7 Å². The van der Waals surface area contributed by atoms with E-state index in [4.69, 9.17) is 0 Å². The van der Waals surface area contributed by atoms with Gasteiger partial charge in [0.05, 0.1) is 18.0 Å². The molecular weight excluding hydrogens is 384 g/mol. The van der Waals surface area contributed by atoms with Crippen LogP contribution in [0.25, 0.3) is 0 Å². The molecule has 0 aromatic heterocycles. The Labute approximate surface area is 175 Å². The summed E-state index contributed by atoms with van der Waals surface area (Å²) in [5, 5.41) is 3.09. The number of hydrogen-bond acceptors (Lipinski definition) is 3. The molecule has 2 atom stereocenters. The van der Waals surface area contributed by atoms with Crippen molar-refractivity contribution < 1.29 is 13.2 Å². The van der Waals surface area contributed by atoms with Gasteiger partial charge in [0.2, 0.25) is 15.9 Å². The van der Waals surface area contributed by atoms with E-state index in [1.54, 1.807) is 18.2 Å². The smallest absolute Gasteiger partial charge is 0.244 e. The van der Waals surface area contributed by atoms with Crippen LogP contribution in [0.4, 0.5) is 5.69 Å². The number of carbonyl (C=O) groups excluding carboxylic acids is 1.